The summed E-state index contributed by atoms with van der Waals surface area (Å²) < 4.78 is 30.3. The molecule has 0 aromatic heterocycles. The van der Waals surface area contributed by atoms with Gasteiger partial charge in [0.05, 0.1) is 33.8 Å². The van der Waals surface area contributed by atoms with Crippen LogP contribution < -0.4 is 10.2 Å². The van der Waals surface area contributed by atoms with E-state index in [-0.39, 0.29) is 24.9 Å². The highest BCUT2D eigenvalue weighted by molar-refractivity contribution is 7.45. The number of carbonyl (C=O) groups is 2. The summed E-state index contributed by atoms with van der Waals surface area (Å²) in [6, 6.07) is -0.895. The first-order valence-electron chi connectivity index (χ1n) is 31.8. The smallest absolute Gasteiger partial charge is 0.306 e. The second kappa shape index (κ2) is 55.8. The molecule has 3 atom stereocenters. The van der Waals surface area contributed by atoms with Crippen molar-refractivity contribution in [3.05, 3.63) is 72.9 Å². The summed E-state index contributed by atoms with van der Waals surface area (Å²) in [5.74, 6) is -0.552. The molecular weight excluding hydrogens is 964 g/mol. The monoisotopic (exact) mass is 1080 g/mol. The second-order valence-corrected chi connectivity index (χ2v) is 24.0. The van der Waals surface area contributed by atoms with E-state index >= 15 is 0 Å². The number of hydrogen-bond donors (Lipinski definition) is 1. The van der Waals surface area contributed by atoms with Gasteiger partial charge in [-0.05, 0) is 83.1 Å². The number of hydrogen-bond acceptors (Lipinski definition) is 7. The molecule has 0 aliphatic rings. The largest absolute Gasteiger partial charge is 0.756 e. The highest BCUT2D eigenvalue weighted by Crippen LogP contribution is 2.38. The van der Waals surface area contributed by atoms with Gasteiger partial charge in [-0.1, -0.05) is 261 Å². The number of quaternary nitrogens is 1. The third-order valence-electron chi connectivity index (χ3n) is 13.9. The Labute approximate surface area is 470 Å². The topological polar surface area (TPSA) is 114 Å². The minimum absolute atomic E-state index is 0.0262. The lowest BCUT2D eigenvalue weighted by Gasteiger charge is -2.30. The maximum absolute atomic E-state index is 13.5. The maximum atomic E-state index is 13.5. The molecule has 3 unspecified atom stereocenters. The number of nitrogens with one attached hydrogen (secondary N) is 1. The summed E-state index contributed by atoms with van der Waals surface area (Å²) in [5.41, 5.74) is 0. The van der Waals surface area contributed by atoms with Crippen LogP contribution in [0.15, 0.2) is 72.9 Å². The molecule has 76 heavy (non-hydrogen) atoms. The van der Waals surface area contributed by atoms with Crippen molar-refractivity contribution < 1.29 is 37.3 Å². The molecule has 9 nitrogen and oxygen atoms in total. The minimum atomic E-state index is -4.70. The number of allylic oxidation sites excluding steroid dienone is 11. The lowest BCUT2D eigenvalue weighted by Crippen LogP contribution is -2.47. The lowest BCUT2D eigenvalue weighted by atomic mass is 10.0. The Kier molecular flexibility index (Phi) is 53.9. The van der Waals surface area contributed by atoms with E-state index in [9.17, 15) is 19.0 Å². The predicted octanol–water partition coefficient (Wildman–Crippen LogP) is 19.0. The number of likely N-dealkylation sites (N-methyl/N-ethyl adjacent to an activating group) is 1. The van der Waals surface area contributed by atoms with Crippen LogP contribution in [0.5, 0.6) is 0 Å². The fourth-order valence-corrected chi connectivity index (χ4v) is 9.75. The SMILES string of the molecule is CC/C=C/C=C/C=C/CCCCCCCCCC(=O)OC(/C=C\CCCCCCCCCCCC)C(COP(=O)([O-])OCC[N+](C)(C)C)NC(=O)CCCCCCCCCCCCCCC/C=C\C/C=C\CCCCC. The normalized spacial score (nSPS) is 14.1. The molecule has 10 heteroatoms. The Morgan fingerprint density at radius 3 is 1.38 bits per heavy atom. The summed E-state index contributed by atoms with van der Waals surface area (Å²) in [5, 5.41) is 3.03. The van der Waals surface area contributed by atoms with Crippen LogP contribution in [-0.4, -0.2) is 69.4 Å². The summed E-state index contributed by atoms with van der Waals surface area (Å²) in [7, 11) is 1.18. The van der Waals surface area contributed by atoms with Crippen LogP contribution in [0.1, 0.15) is 284 Å². The van der Waals surface area contributed by atoms with Gasteiger partial charge in [0.25, 0.3) is 7.82 Å². The molecule has 1 N–H and O–H groups in total. The molecule has 0 spiro atoms. The van der Waals surface area contributed by atoms with Crippen LogP contribution in [0.25, 0.3) is 0 Å². The summed E-state index contributed by atoms with van der Waals surface area (Å²) in [6.07, 6.45) is 71.5. The van der Waals surface area contributed by atoms with Crippen molar-refractivity contribution in [2.24, 2.45) is 0 Å². The number of phosphoric ester groups is 1. The molecule has 0 aliphatic heterocycles. The summed E-state index contributed by atoms with van der Waals surface area (Å²) >= 11 is 0. The predicted molar refractivity (Wildman–Crippen MR) is 325 cm³/mol. The zero-order chi connectivity index (χ0) is 55.7. The van der Waals surface area contributed by atoms with Gasteiger partial charge in [0.1, 0.15) is 19.3 Å². The number of amides is 1. The average Bonchev–Trinajstić information content (AvgIpc) is 3.38. The lowest BCUT2D eigenvalue weighted by molar-refractivity contribution is -0.870. The molecule has 0 aromatic carbocycles. The van der Waals surface area contributed by atoms with E-state index in [0.29, 0.717) is 17.4 Å². The zero-order valence-electron chi connectivity index (χ0n) is 50.4. The summed E-state index contributed by atoms with van der Waals surface area (Å²) in [6.45, 7) is 6.69. The van der Waals surface area contributed by atoms with Crippen molar-refractivity contribution in [1.29, 1.82) is 0 Å². The quantitative estimate of drug-likeness (QED) is 0.0161. The fourth-order valence-electron chi connectivity index (χ4n) is 9.02. The van der Waals surface area contributed by atoms with E-state index in [1.54, 1.807) is 0 Å². The first-order chi connectivity index (χ1) is 36.9. The maximum Gasteiger partial charge on any atom is 0.306 e. The number of ether oxygens (including phenoxy) is 1. The second-order valence-electron chi connectivity index (χ2n) is 22.6. The van der Waals surface area contributed by atoms with Gasteiger partial charge in [-0.25, -0.2) is 0 Å². The third-order valence-corrected chi connectivity index (χ3v) is 14.9. The van der Waals surface area contributed by atoms with Gasteiger partial charge in [-0.15, -0.1) is 0 Å². The van der Waals surface area contributed by atoms with Gasteiger partial charge < -0.3 is 28.5 Å². The molecule has 442 valence electrons. The van der Waals surface area contributed by atoms with Crippen molar-refractivity contribution in [3.8, 4) is 0 Å². The van der Waals surface area contributed by atoms with E-state index < -0.39 is 26.6 Å². The molecule has 0 aliphatic carbocycles. The molecule has 0 radical (unpaired) electrons. The fraction of sp³-hybridized carbons (Fsp3) is 0.788. The number of nitrogens with zero attached hydrogens (tertiary/aromatic N) is 1. The van der Waals surface area contributed by atoms with Crippen molar-refractivity contribution in [2.75, 3.05) is 40.9 Å². The van der Waals surface area contributed by atoms with Crippen LogP contribution in [0.2, 0.25) is 0 Å². The van der Waals surface area contributed by atoms with Crippen molar-refractivity contribution in [2.45, 2.75) is 296 Å². The van der Waals surface area contributed by atoms with E-state index in [0.717, 1.165) is 83.5 Å². The van der Waals surface area contributed by atoms with Crippen LogP contribution in [-0.2, 0) is 27.9 Å². The Morgan fingerprint density at radius 1 is 0.487 bits per heavy atom. The Hall–Kier alpha value is -2.55. The number of esters is 1. The molecular formula is C66H121N2O7P. The molecule has 0 heterocycles. The highest BCUT2D eigenvalue weighted by Gasteiger charge is 2.27. The van der Waals surface area contributed by atoms with Gasteiger partial charge >= 0.3 is 5.97 Å². The molecule has 0 bridgehead atoms. The van der Waals surface area contributed by atoms with Gasteiger partial charge in [0, 0.05) is 12.8 Å². The van der Waals surface area contributed by atoms with Crippen LogP contribution in [0, 0.1) is 0 Å². The Balaban J connectivity index is 5.16. The Bertz CT molecular complexity index is 1530. The first-order valence-corrected chi connectivity index (χ1v) is 33.2. The zero-order valence-corrected chi connectivity index (χ0v) is 51.3. The number of unbranched alkanes of at least 4 members (excludes halogenated alkanes) is 33. The van der Waals surface area contributed by atoms with Gasteiger partial charge in [-0.3, -0.25) is 14.2 Å². The van der Waals surface area contributed by atoms with E-state index in [1.807, 2.05) is 33.3 Å². The molecule has 0 saturated heterocycles. The van der Waals surface area contributed by atoms with Crippen LogP contribution in [0.4, 0.5) is 0 Å². The van der Waals surface area contributed by atoms with Crippen LogP contribution in [0.3, 0.4) is 0 Å². The molecule has 0 rings (SSSR count). The molecule has 0 saturated carbocycles. The average molecular weight is 1090 g/mol. The van der Waals surface area contributed by atoms with Crippen LogP contribution >= 0.6 is 7.82 Å². The standard InChI is InChI=1S/C66H121N2O7P/c1-7-10-13-16-19-22-25-28-30-31-32-33-34-35-36-37-39-40-43-46-49-52-55-58-65(69)67-63(62-74-76(71,72)73-61-60-68(4,5)6)64(57-54-51-48-45-42-27-24-21-18-15-12-9-3)75-66(70)59-56-53-50-47-44-41-38-29-26-23-20-17-14-11-8-2/h11,14,17,19-20,22-23,26,28,30,54,57,63-64H,7-10,12-13,15-16,18,21,24-25,27,29,31-53,55-56,58-62H2,1-6H3,(H-,67,69,71,72)/b14-11+,20-17+,22-19-,26-23+,30-28-,57-54-. The number of rotatable bonds is 57. The van der Waals surface area contributed by atoms with Gasteiger partial charge in [0.2, 0.25) is 5.91 Å². The summed E-state index contributed by atoms with van der Waals surface area (Å²) in [4.78, 5) is 40.0. The molecule has 0 aromatic rings. The van der Waals surface area contributed by atoms with Gasteiger partial charge in [-0.2, -0.15) is 0 Å². The Morgan fingerprint density at radius 2 is 0.895 bits per heavy atom. The first kappa shape index (κ1) is 73.5. The molecule has 0 fully saturated rings. The van der Waals surface area contributed by atoms with E-state index in [4.69, 9.17) is 13.8 Å². The van der Waals surface area contributed by atoms with Crippen molar-refractivity contribution >= 4 is 19.7 Å². The van der Waals surface area contributed by atoms with E-state index in [2.05, 4.69) is 86.8 Å². The van der Waals surface area contributed by atoms with Crippen molar-refractivity contribution in [3.63, 3.8) is 0 Å². The third kappa shape index (κ3) is 56.2. The van der Waals surface area contributed by atoms with Crippen molar-refractivity contribution in [1.82, 2.24) is 5.32 Å². The van der Waals surface area contributed by atoms with Gasteiger partial charge in [0.15, 0.2) is 0 Å². The van der Waals surface area contributed by atoms with E-state index in [1.165, 1.54) is 167 Å². The highest BCUT2D eigenvalue weighted by atomic mass is 31.2. The molecule has 1 amide bonds. The number of phosphoric acid groups is 1. The minimum Gasteiger partial charge on any atom is -0.756 e. The number of carbonyl (C=O) groups excluding carboxylic acids is 2.